The summed E-state index contributed by atoms with van der Waals surface area (Å²) in [6.07, 6.45) is 5.91. The van der Waals surface area contributed by atoms with Gasteiger partial charge < -0.3 is 15.1 Å². The SMILES string of the molecule is O=C(NC1CCN(C(=O)c2ccc(C3(CN4CCCC4)CC3)cc2)C1)c1ccc(Cl)s1. The quantitative estimate of drug-likeness (QED) is 0.708. The van der Waals surface area contributed by atoms with Crippen LogP contribution in [-0.2, 0) is 5.41 Å². The van der Waals surface area contributed by atoms with E-state index in [9.17, 15) is 9.59 Å². The maximum atomic E-state index is 13.0. The lowest BCUT2D eigenvalue weighted by atomic mass is 9.94. The number of likely N-dealkylation sites (tertiary alicyclic amines) is 2. The summed E-state index contributed by atoms with van der Waals surface area (Å²) in [6.45, 7) is 4.82. The second-order valence-corrected chi connectivity index (χ2v) is 10.9. The predicted molar refractivity (Wildman–Crippen MR) is 124 cm³/mol. The largest absolute Gasteiger partial charge is 0.347 e. The van der Waals surface area contributed by atoms with Crippen LogP contribution < -0.4 is 5.32 Å². The molecule has 1 N–H and O–H groups in total. The topological polar surface area (TPSA) is 52.7 Å². The van der Waals surface area contributed by atoms with Gasteiger partial charge in [-0.1, -0.05) is 23.7 Å². The molecule has 0 radical (unpaired) electrons. The molecule has 0 bridgehead atoms. The number of amides is 2. The number of carbonyl (C=O) groups is 2. The number of rotatable bonds is 6. The normalized spacial score (nSPS) is 22.6. The molecule has 1 unspecified atom stereocenters. The zero-order chi connectivity index (χ0) is 21.4. The van der Waals surface area contributed by atoms with Gasteiger partial charge in [0.2, 0.25) is 0 Å². The van der Waals surface area contributed by atoms with E-state index in [1.165, 1.54) is 55.7 Å². The monoisotopic (exact) mass is 457 g/mol. The van der Waals surface area contributed by atoms with Crippen LogP contribution in [0.15, 0.2) is 36.4 Å². The van der Waals surface area contributed by atoms with Crippen LogP contribution >= 0.6 is 22.9 Å². The molecule has 1 aliphatic carbocycles. The molecule has 31 heavy (non-hydrogen) atoms. The molecule has 0 spiro atoms. The van der Waals surface area contributed by atoms with Crippen molar-refractivity contribution in [1.29, 1.82) is 0 Å². The number of hydrogen-bond donors (Lipinski definition) is 1. The number of carbonyl (C=O) groups excluding carboxylic acids is 2. The van der Waals surface area contributed by atoms with Crippen LogP contribution in [0.25, 0.3) is 0 Å². The van der Waals surface area contributed by atoms with Crippen LogP contribution in [0.4, 0.5) is 0 Å². The molecular formula is C24H28ClN3O2S. The lowest BCUT2D eigenvalue weighted by Crippen LogP contribution is -2.38. The third-order valence-corrected chi connectivity index (χ3v) is 8.16. The molecule has 2 amide bonds. The fourth-order valence-electron chi connectivity index (χ4n) is 4.96. The second kappa shape index (κ2) is 8.57. The Labute approximate surface area is 192 Å². The zero-order valence-corrected chi connectivity index (χ0v) is 19.2. The zero-order valence-electron chi connectivity index (χ0n) is 17.6. The highest BCUT2D eigenvalue weighted by Gasteiger charge is 2.45. The third kappa shape index (κ3) is 4.52. The Morgan fingerprint density at radius 1 is 1.06 bits per heavy atom. The molecule has 164 valence electrons. The van der Waals surface area contributed by atoms with Crippen LogP contribution in [0.1, 0.15) is 57.7 Å². The first-order valence-corrected chi connectivity index (χ1v) is 12.4. The summed E-state index contributed by atoms with van der Waals surface area (Å²) >= 11 is 7.19. The Balaban J connectivity index is 1.17. The summed E-state index contributed by atoms with van der Waals surface area (Å²) in [6, 6.07) is 11.7. The summed E-state index contributed by atoms with van der Waals surface area (Å²) in [4.78, 5) is 30.4. The first kappa shape index (κ1) is 21.0. The third-order valence-electron chi connectivity index (χ3n) is 6.93. The van der Waals surface area contributed by atoms with Crippen LogP contribution in [0.3, 0.4) is 0 Å². The number of thiophene rings is 1. The van der Waals surface area contributed by atoms with Gasteiger partial charge in [0, 0.05) is 36.7 Å². The minimum atomic E-state index is -0.117. The number of nitrogens with one attached hydrogen (secondary N) is 1. The van der Waals surface area contributed by atoms with E-state index in [4.69, 9.17) is 11.6 Å². The van der Waals surface area contributed by atoms with Gasteiger partial charge >= 0.3 is 0 Å². The lowest BCUT2D eigenvalue weighted by Gasteiger charge is -2.24. The Kier molecular flexibility index (Phi) is 5.80. The fourth-order valence-corrected chi connectivity index (χ4v) is 5.91. The smallest absolute Gasteiger partial charge is 0.261 e. The Morgan fingerprint density at radius 3 is 2.45 bits per heavy atom. The second-order valence-electron chi connectivity index (χ2n) is 9.15. The summed E-state index contributed by atoms with van der Waals surface area (Å²) in [5, 5.41) is 3.03. The van der Waals surface area contributed by atoms with Crippen molar-refractivity contribution in [2.75, 3.05) is 32.7 Å². The van der Waals surface area contributed by atoms with Gasteiger partial charge in [-0.25, -0.2) is 0 Å². The van der Waals surface area contributed by atoms with Gasteiger partial charge in [0.1, 0.15) is 0 Å². The molecule has 2 aromatic rings. The van der Waals surface area contributed by atoms with Gasteiger partial charge in [-0.05, 0) is 75.0 Å². The first-order valence-electron chi connectivity index (χ1n) is 11.2. The number of benzene rings is 1. The molecule has 3 fully saturated rings. The molecule has 1 saturated carbocycles. The molecule has 5 nitrogen and oxygen atoms in total. The highest BCUT2D eigenvalue weighted by Crippen LogP contribution is 2.49. The van der Waals surface area contributed by atoms with E-state index in [1.807, 2.05) is 17.0 Å². The van der Waals surface area contributed by atoms with Crippen molar-refractivity contribution in [2.45, 2.75) is 43.6 Å². The van der Waals surface area contributed by atoms with Crippen molar-refractivity contribution in [2.24, 2.45) is 0 Å². The van der Waals surface area contributed by atoms with Gasteiger partial charge in [0.25, 0.3) is 11.8 Å². The maximum absolute atomic E-state index is 13.0. The van der Waals surface area contributed by atoms with Crippen LogP contribution in [0.2, 0.25) is 4.34 Å². The van der Waals surface area contributed by atoms with Crippen molar-refractivity contribution in [3.05, 3.63) is 56.7 Å². The molecule has 2 aliphatic heterocycles. The molecular weight excluding hydrogens is 430 g/mol. The van der Waals surface area contributed by atoms with Gasteiger partial charge in [0.15, 0.2) is 0 Å². The minimum Gasteiger partial charge on any atom is -0.347 e. The number of halogens is 1. The molecule has 5 rings (SSSR count). The highest BCUT2D eigenvalue weighted by molar-refractivity contribution is 7.18. The Bertz CT molecular complexity index is 963. The van der Waals surface area contributed by atoms with Crippen molar-refractivity contribution in [3.8, 4) is 0 Å². The first-order chi connectivity index (χ1) is 15.0. The summed E-state index contributed by atoms with van der Waals surface area (Å²) in [5.74, 6) is -0.0693. The Hall–Kier alpha value is -1.89. The summed E-state index contributed by atoms with van der Waals surface area (Å²) < 4.78 is 0.602. The highest BCUT2D eigenvalue weighted by atomic mass is 35.5. The van der Waals surface area contributed by atoms with Gasteiger partial charge in [-0.2, -0.15) is 0 Å². The average Bonchev–Trinajstić information content (AvgIpc) is 3.15. The van der Waals surface area contributed by atoms with Gasteiger partial charge in [0.05, 0.1) is 9.21 Å². The van der Waals surface area contributed by atoms with Crippen molar-refractivity contribution < 1.29 is 9.59 Å². The molecule has 1 aromatic heterocycles. The molecule has 1 aromatic carbocycles. The fraction of sp³-hybridized carbons (Fsp3) is 0.500. The molecule has 1 atom stereocenters. The van der Waals surface area contributed by atoms with Crippen molar-refractivity contribution in [3.63, 3.8) is 0 Å². The standard InChI is InChI=1S/C24H28ClN3O2S/c25-21-8-7-20(31-21)22(29)26-19-9-14-28(15-19)23(30)17-3-5-18(6-4-17)24(10-11-24)16-27-12-1-2-13-27/h3-8,19H,1-2,9-16H2,(H,26,29). The Morgan fingerprint density at radius 2 is 1.81 bits per heavy atom. The molecule has 2 saturated heterocycles. The van der Waals surface area contributed by atoms with Crippen LogP contribution in [0.5, 0.6) is 0 Å². The lowest BCUT2D eigenvalue weighted by molar-refractivity contribution is 0.0783. The van der Waals surface area contributed by atoms with Crippen LogP contribution in [0, 0.1) is 0 Å². The van der Waals surface area contributed by atoms with E-state index in [0.29, 0.717) is 27.7 Å². The predicted octanol–water partition coefficient (Wildman–Crippen LogP) is 4.17. The van der Waals surface area contributed by atoms with Crippen molar-refractivity contribution >= 4 is 34.8 Å². The van der Waals surface area contributed by atoms with E-state index in [-0.39, 0.29) is 17.9 Å². The van der Waals surface area contributed by atoms with E-state index < -0.39 is 0 Å². The average molecular weight is 458 g/mol. The van der Waals surface area contributed by atoms with E-state index in [1.54, 1.807) is 12.1 Å². The van der Waals surface area contributed by atoms with E-state index >= 15 is 0 Å². The minimum absolute atomic E-state index is 0.0215. The van der Waals surface area contributed by atoms with E-state index in [0.717, 1.165) is 18.5 Å². The van der Waals surface area contributed by atoms with Gasteiger partial charge in [-0.15, -0.1) is 11.3 Å². The number of nitrogens with zero attached hydrogens (tertiary/aromatic N) is 2. The van der Waals surface area contributed by atoms with E-state index in [2.05, 4.69) is 22.3 Å². The number of hydrogen-bond acceptors (Lipinski definition) is 4. The van der Waals surface area contributed by atoms with Crippen LogP contribution in [-0.4, -0.2) is 60.4 Å². The summed E-state index contributed by atoms with van der Waals surface area (Å²) in [5.41, 5.74) is 2.41. The maximum Gasteiger partial charge on any atom is 0.261 e. The summed E-state index contributed by atoms with van der Waals surface area (Å²) in [7, 11) is 0. The molecule has 7 heteroatoms. The molecule has 3 heterocycles. The molecule has 3 aliphatic rings. The van der Waals surface area contributed by atoms with Gasteiger partial charge in [-0.3, -0.25) is 9.59 Å². The van der Waals surface area contributed by atoms with Crippen molar-refractivity contribution in [1.82, 2.24) is 15.1 Å².